The maximum atomic E-state index is 2.80. The van der Waals surface area contributed by atoms with Gasteiger partial charge in [0.2, 0.25) is 0 Å². The van der Waals surface area contributed by atoms with Crippen LogP contribution in [0.25, 0.3) is 0 Å². The van der Waals surface area contributed by atoms with Crippen molar-refractivity contribution in [3.05, 3.63) is 78.3 Å². The van der Waals surface area contributed by atoms with Crippen molar-refractivity contribution in [2.75, 3.05) is 0 Å². The molecule has 0 aromatic rings. The van der Waals surface area contributed by atoms with Gasteiger partial charge in [-0.15, -0.1) is 0 Å². The third-order valence-electron chi connectivity index (χ3n) is 9.71. The van der Waals surface area contributed by atoms with Crippen molar-refractivity contribution in [3.8, 4) is 0 Å². The van der Waals surface area contributed by atoms with Crippen LogP contribution in [0.2, 0.25) is 24.2 Å². The van der Waals surface area contributed by atoms with Gasteiger partial charge in [-0.2, -0.15) is 0 Å². The molecule has 192 valence electrons. The molecule has 0 N–H and O–H groups in total. The second-order valence-corrected chi connectivity index (χ2v) is 16.3. The van der Waals surface area contributed by atoms with Crippen molar-refractivity contribution in [1.29, 1.82) is 0 Å². The Morgan fingerprint density at radius 2 is 0.853 bits per heavy atom. The van der Waals surface area contributed by atoms with Crippen LogP contribution in [0.1, 0.15) is 53.4 Å². The molecule has 0 amide bonds. The van der Waals surface area contributed by atoms with Crippen LogP contribution in [0.15, 0.2) is 48.6 Å². The van der Waals surface area contributed by atoms with E-state index in [1.54, 1.807) is 0 Å². The van der Waals surface area contributed by atoms with Crippen LogP contribution >= 0.6 is 0 Å². The largest absolute Gasteiger partial charge is 4.00 e. The fourth-order valence-electron chi connectivity index (χ4n) is 8.94. The van der Waals surface area contributed by atoms with Crippen LogP contribution < -0.4 is 0 Å². The molecule has 0 spiro atoms. The summed E-state index contributed by atoms with van der Waals surface area (Å²) < 4.78 is 0. The van der Waals surface area contributed by atoms with Crippen LogP contribution in [0.5, 0.6) is 0 Å². The summed E-state index contributed by atoms with van der Waals surface area (Å²) in [6, 6.07) is 0. The first kappa shape index (κ1) is 36.2. The normalized spacial score (nSPS) is 38.9. The van der Waals surface area contributed by atoms with Crippen molar-refractivity contribution in [2.24, 2.45) is 47.3 Å². The third-order valence-corrected chi connectivity index (χ3v) is 15.0. The molecule has 0 nitrogen and oxygen atoms in total. The standard InChI is InChI=1S/C28H44Si.4CH3.Hf/c1-7-13-21-19(3)27(25-17-11-9-15-23(21)25)29(5,6)28-20(4)22(14-8-2)24-16-10-12-18-26(24)28;;;;;/h9-12,15-28H,7-8,13-14H2,1-6H3;4*1H3;/q;4*-1;+4. The number of rotatable bonds is 6. The Hall–Kier alpha value is 0.0470. The monoisotopic (exact) mass is 648 g/mol. The molecular weight excluding hydrogens is 591 g/mol. The topological polar surface area (TPSA) is 0 Å². The van der Waals surface area contributed by atoms with Crippen LogP contribution in [-0.2, 0) is 25.8 Å². The van der Waals surface area contributed by atoms with Crippen LogP contribution in [-0.4, -0.2) is 8.07 Å². The molecule has 34 heavy (non-hydrogen) atoms. The Balaban J connectivity index is 0. The van der Waals surface area contributed by atoms with Gasteiger partial charge in [0.25, 0.3) is 0 Å². The van der Waals surface area contributed by atoms with Crippen molar-refractivity contribution in [2.45, 2.75) is 77.6 Å². The maximum Gasteiger partial charge on any atom is 4.00 e. The van der Waals surface area contributed by atoms with Gasteiger partial charge in [0.05, 0.1) is 8.07 Å². The zero-order valence-electron chi connectivity index (χ0n) is 24.2. The van der Waals surface area contributed by atoms with Gasteiger partial charge in [-0.05, 0) is 71.3 Å². The minimum atomic E-state index is -1.49. The molecule has 0 saturated heterocycles. The number of hydrogen-bond donors (Lipinski definition) is 0. The predicted molar refractivity (Wildman–Crippen MR) is 156 cm³/mol. The van der Waals surface area contributed by atoms with Crippen LogP contribution in [0.3, 0.4) is 0 Å². The van der Waals surface area contributed by atoms with E-state index in [0.717, 1.165) is 58.4 Å². The van der Waals surface area contributed by atoms with Gasteiger partial charge in [-0.1, -0.05) is 102 Å². The zero-order chi connectivity index (χ0) is 20.8. The van der Waals surface area contributed by atoms with Crippen molar-refractivity contribution in [3.63, 3.8) is 0 Å². The number of allylic oxidation sites excluding steroid dienone is 8. The van der Waals surface area contributed by atoms with Crippen molar-refractivity contribution >= 4 is 8.07 Å². The van der Waals surface area contributed by atoms with E-state index in [1.807, 2.05) is 0 Å². The molecule has 2 heteroatoms. The van der Waals surface area contributed by atoms with Gasteiger partial charge >= 0.3 is 25.8 Å². The first-order chi connectivity index (χ1) is 13.9. The Bertz CT molecular complexity index is 644. The molecular formula is C32H56HfSi. The van der Waals surface area contributed by atoms with Gasteiger partial charge in [-0.25, -0.2) is 0 Å². The van der Waals surface area contributed by atoms with Crippen molar-refractivity contribution < 1.29 is 25.8 Å². The molecule has 0 heterocycles. The molecule has 2 saturated carbocycles. The van der Waals surface area contributed by atoms with Crippen molar-refractivity contribution in [1.82, 2.24) is 0 Å². The second kappa shape index (κ2) is 14.7. The van der Waals surface area contributed by atoms with Gasteiger partial charge in [-0.3, -0.25) is 0 Å². The smallest absolute Gasteiger partial charge is 0.358 e. The Morgan fingerprint density at radius 3 is 1.15 bits per heavy atom. The van der Waals surface area contributed by atoms with E-state index in [1.165, 1.54) is 25.7 Å². The summed E-state index contributed by atoms with van der Waals surface area (Å²) in [6.07, 6.45) is 25.3. The summed E-state index contributed by atoms with van der Waals surface area (Å²) in [5.74, 6) is 6.72. The molecule has 10 unspecified atom stereocenters. The Labute approximate surface area is 236 Å². The SMILES string of the molecule is CCCC1C(C)C([Si](C)(C)C2C(C)C(CCC)C3C=CC=CC32)C2C=CC=CC21.[CH3-].[CH3-].[CH3-].[CH3-].[Hf+4]. The quantitative estimate of drug-likeness (QED) is 0.199. The molecule has 0 aromatic heterocycles. The van der Waals surface area contributed by atoms with Gasteiger partial charge in [0, 0.05) is 0 Å². The minimum absolute atomic E-state index is 0. The molecule has 2 fully saturated rings. The number of hydrogen-bond acceptors (Lipinski definition) is 0. The third kappa shape index (κ3) is 5.95. The fourth-order valence-corrected chi connectivity index (χ4v) is 15.2. The average Bonchev–Trinajstić information content (AvgIpc) is 3.15. The number of fused-ring (bicyclic) bond motifs is 2. The Morgan fingerprint density at radius 1 is 0.559 bits per heavy atom. The van der Waals surface area contributed by atoms with E-state index >= 15 is 0 Å². The summed E-state index contributed by atoms with van der Waals surface area (Å²) in [7, 11) is -1.49. The van der Waals surface area contributed by atoms with E-state index in [2.05, 4.69) is 89.4 Å². The van der Waals surface area contributed by atoms with E-state index < -0.39 is 8.07 Å². The Kier molecular flexibility index (Phi) is 15.7. The summed E-state index contributed by atoms with van der Waals surface area (Å²) in [5.41, 5.74) is 1.86. The van der Waals surface area contributed by atoms with E-state index in [9.17, 15) is 0 Å². The average molecular weight is 647 g/mol. The zero-order valence-corrected chi connectivity index (χ0v) is 28.8. The van der Waals surface area contributed by atoms with Gasteiger partial charge in [0.15, 0.2) is 0 Å². The molecule has 4 aliphatic rings. The van der Waals surface area contributed by atoms with Gasteiger partial charge < -0.3 is 29.7 Å². The molecule has 0 aliphatic heterocycles. The maximum absolute atomic E-state index is 2.80. The van der Waals surface area contributed by atoms with Gasteiger partial charge in [0.1, 0.15) is 0 Å². The van der Waals surface area contributed by atoms with E-state index in [4.69, 9.17) is 0 Å². The molecule has 10 atom stereocenters. The molecule has 4 aliphatic carbocycles. The first-order valence-electron chi connectivity index (χ1n) is 12.6. The van der Waals surface area contributed by atoms with Crippen LogP contribution in [0.4, 0.5) is 0 Å². The molecule has 0 aromatic carbocycles. The summed E-state index contributed by atoms with van der Waals surface area (Å²) >= 11 is 0. The minimum Gasteiger partial charge on any atom is -0.358 e. The van der Waals surface area contributed by atoms with E-state index in [-0.39, 0.29) is 55.5 Å². The molecule has 0 bridgehead atoms. The summed E-state index contributed by atoms with van der Waals surface area (Å²) in [6.45, 7) is 15.6. The summed E-state index contributed by atoms with van der Waals surface area (Å²) in [4.78, 5) is 0. The second-order valence-electron chi connectivity index (χ2n) is 11.3. The first-order valence-corrected chi connectivity index (χ1v) is 15.8. The van der Waals surface area contributed by atoms with E-state index in [0.29, 0.717) is 0 Å². The molecule has 0 radical (unpaired) electrons. The van der Waals surface area contributed by atoms with Crippen LogP contribution in [0, 0.1) is 77.0 Å². The molecule has 4 rings (SSSR count). The predicted octanol–water partition coefficient (Wildman–Crippen LogP) is 10.1. The fraction of sp³-hybridized carbons (Fsp3) is 0.625. The summed E-state index contributed by atoms with van der Waals surface area (Å²) in [5, 5.41) is 0.